The van der Waals surface area contributed by atoms with Crippen molar-refractivity contribution in [3.05, 3.63) is 35.9 Å². The highest BCUT2D eigenvalue weighted by Crippen LogP contribution is 2.24. The fourth-order valence-corrected chi connectivity index (χ4v) is 4.04. The molecule has 0 saturated carbocycles. The van der Waals surface area contributed by atoms with Gasteiger partial charge in [-0.1, -0.05) is 30.3 Å². The SMILES string of the molecule is C[C@H](NC(=O)C[C@H]1CC[C@@H](NC(=O)C2CCOCC2)[C@@H](CO)O1)c1ccccc1. The maximum absolute atomic E-state index is 12.5. The zero-order valence-corrected chi connectivity index (χ0v) is 17.0. The Morgan fingerprint density at radius 2 is 1.86 bits per heavy atom. The first-order valence-electron chi connectivity index (χ1n) is 10.6. The average molecular weight is 405 g/mol. The topological polar surface area (TPSA) is 96.9 Å². The minimum atomic E-state index is -0.489. The van der Waals surface area contributed by atoms with Crippen LogP contribution in [-0.4, -0.2) is 55.0 Å². The highest BCUT2D eigenvalue weighted by atomic mass is 16.5. The molecule has 3 rings (SSSR count). The van der Waals surface area contributed by atoms with Crippen molar-refractivity contribution in [2.24, 2.45) is 5.92 Å². The van der Waals surface area contributed by atoms with E-state index in [9.17, 15) is 14.7 Å². The molecule has 7 heteroatoms. The van der Waals surface area contributed by atoms with Gasteiger partial charge in [-0.15, -0.1) is 0 Å². The van der Waals surface area contributed by atoms with E-state index in [1.165, 1.54) is 0 Å². The Hall–Kier alpha value is -1.96. The van der Waals surface area contributed by atoms with Gasteiger partial charge in [-0.3, -0.25) is 9.59 Å². The molecule has 2 fully saturated rings. The van der Waals surface area contributed by atoms with Gasteiger partial charge in [0.05, 0.1) is 31.2 Å². The molecule has 2 saturated heterocycles. The Morgan fingerprint density at radius 1 is 1.14 bits per heavy atom. The summed E-state index contributed by atoms with van der Waals surface area (Å²) in [5.41, 5.74) is 1.05. The van der Waals surface area contributed by atoms with Crippen molar-refractivity contribution in [2.75, 3.05) is 19.8 Å². The Labute approximate surface area is 172 Å². The maximum atomic E-state index is 12.5. The van der Waals surface area contributed by atoms with Gasteiger partial charge in [0.25, 0.3) is 0 Å². The minimum absolute atomic E-state index is 0.00762. The van der Waals surface area contributed by atoms with Crippen LogP contribution in [0, 0.1) is 5.92 Å². The summed E-state index contributed by atoms with van der Waals surface area (Å²) in [6.45, 7) is 2.99. The predicted octanol–water partition coefficient (Wildman–Crippen LogP) is 1.71. The monoisotopic (exact) mass is 404 g/mol. The van der Waals surface area contributed by atoms with Crippen LogP contribution >= 0.6 is 0 Å². The number of hydrogen-bond acceptors (Lipinski definition) is 5. The second-order valence-electron chi connectivity index (χ2n) is 7.96. The van der Waals surface area contributed by atoms with Gasteiger partial charge in [-0.05, 0) is 38.2 Å². The summed E-state index contributed by atoms with van der Waals surface area (Å²) < 4.78 is 11.3. The van der Waals surface area contributed by atoms with Crippen molar-refractivity contribution in [1.29, 1.82) is 0 Å². The number of benzene rings is 1. The number of amides is 2. The summed E-state index contributed by atoms with van der Waals surface area (Å²) in [4.78, 5) is 24.9. The molecule has 3 N–H and O–H groups in total. The van der Waals surface area contributed by atoms with Crippen LogP contribution in [0.3, 0.4) is 0 Å². The Balaban J connectivity index is 1.46. The van der Waals surface area contributed by atoms with Crippen LogP contribution in [0.4, 0.5) is 0 Å². The molecule has 1 aromatic rings. The number of aliphatic hydroxyl groups is 1. The van der Waals surface area contributed by atoms with Crippen LogP contribution in [0.2, 0.25) is 0 Å². The van der Waals surface area contributed by atoms with Gasteiger partial charge in [-0.2, -0.15) is 0 Å². The normalized spacial score (nSPS) is 26.5. The summed E-state index contributed by atoms with van der Waals surface area (Å²) in [6, 6.07) is 9.50. The third-order valence-corrected chi connectivity index (χ3v) is 5.81. The molecular formula is C22H32N2O5. The molecule has 0 spiro atoms. The summed E-state index contributed by atoms with van der Waals surface area (Å²) in [7, 11) is 0. The number of rotatable bonds is 7. The largest absolute Gasteiger partial charge is 0.394 e. The van der Waals surface area contributed by atoms with E-state index in [0.29, 0.717) is 26.1 Å². The van der Waals surface area contributed by atoms with Gasteiger partial charge in [0.15, 0.2) is 0 Å². The van der Waals surface area contributed by atoms with Crippen molar-refractivity contribution in [2.45, 2.75) is 63.3 Å². The van der Waals surface area contributed by atoms with Gasteiger partial charge in [-0.25, -0.2) is 0 Å². The van der Waals surface area contributed by atoms with Gasteiger partial charge < -0.3 is 25.2 Å². The van der Waals surface area contributed by atoms with Gasteiger partial charge in [0, 0.05) is 19.1 Å². The molecule has 4 atom stereocenters. The van der Waals surface area contributed by atoms with Crippen molar-refractivity contribution >= 4 is 11.8 Å². The number of ether oxygens (including phenoxy) is 2. The summed E-state index contributed by atoms with van der Waals surface area (Å²) >= 11 is 0. The highest BCUT2D eigenvalue weighted by Gasteiger charge is 2.34. The second kappa shape index (κ2) is 10.7. The van der Waals surface area contributed by atoms with Crippen LogP contribution < -0.4 is 10.6 Å². The standard InChI is InChI=1S/C22H32N2O5/c1-15(16-5-3-2-4-6-16)23-21(26)13-18-7-8-19(20(14-25)29-18)24-22(27)17-9-11-28-12-10-17/h2-6,15,17-20,25H,7-14H2,1H3,(H,23,26)(H,24,27)/t15-,18+,19+,20+/m0/s1. The number of carbonyl (C=O) groups is 2. The molecule has 29 heavy (non-hydrogen) atoms. The van der Waals surface area contributed by atoms with E-state index in [1.807, 2.05) is 37.3 Å². The fourth-order valence-electron chi connectivity index (χ4n) is 4.04. The van der Waals surface area contributed by atoms with Crippen molar-refractivity contribution < 1.29 is 24.2 Å². The minimum Gasteiger partial charge on any atom is -0.394 e. The van der Waals surface area contributed by atoms with E-state index in [4.69, 9.17) is 9.47 Å². The smallest absolute Gasteiger partial charge is 0.223 e. The summed E-state index contributed by atoms with van der Waals surface area (Å²) in [5.74, 6) is -0.105. The Kier molecular flexibility index (Phi) is 8.03. The van der Waals surface area contributed by atoms with Gasteiger partial charge in [0.2, 0.25) is 11.8 Å². The quantitative estimate of drug-likeness (QED) is 0.643. The molecule has 2 heterocycles. The predicted molar refractivity (Wildman–Crippen MR) is 108 cm³/mol. The average Bonchev–Trinajstić information content (AvgIpc) is 2.75. The first-order valence-corrected chi connectivity index (χ1v) is 10.6. The number of nitrogens with one attached hydrogen (secondary N) is 2. The Morgan fingerprint density at radius 3 is 2.55 bits per heavy atom. The van der Waals surface area contributed by atoms with E-state index in [1.54, 1.807) is 0 Å². The molecule has 2 aliphatic heterocycles. The molecule has 0 bridgehead atoms. The zero-order valence-electron chi connectivity index (χ0n) is 17.0. The van der Waals surface area contributed by atoms with Crippen molar-refractivity contribution in [1.82, 2.24) is 10.6 Å². The molecule has 1 aromatic carbocycles. The number of aliphatic hydroxyl groups excluding tert-OH is 1. The van der Waals surface area contributed by atoms with Gasteiger partial charge in [0.1, 0.15) is 6.10 Å². The molecule has 160 valence electrons. The van der Waals surface area contributed by atoms with Crippen LogP contribution in [0.1, 0.15) is 50.6 Å². The van der Waals surface area contributed by atoms with Crippen LogP contribution in [0.5, 0.6) is 0 Å². The van der Waals surface area contributed by atoms with E-state index >= 15 is 0 Å². The lowest BCUT2D eigenvalue weighted by molar-refractivity contribution is -0.139. The van der Waals surface area contributed by atoms with Crippen molar-refractivity contribution in [3.63, 3.8) is 0 Å². The molecule has 2 aliphatic rings. The second-order valence-corrected chi connectivity index (χ2v) is 7.96. The fraction of sp³-hybridized carbons (Fsp3) is 0.636. The molecule has 2 amide bonds. The molecule has 0 unspecified atom stereocenters. The molecular weight excluding hydrogens is 372 g/mol. The maximum Gasteiger partial charge on any atom is 0.223 e. The highest BCUT2D eigenvalue weighted by molar-refractivity contribution is 5.79. The van der Waals surface area contributed by atoms with Crippen molar-refractivity contribution in [3.8, 4) is 0 Å². The van der Waals surface area contributed by atoms with E-state index in [0.717, 1.165) is 18.4 Å². The molecule has 0 aliphatic carbocycles. The summed E-state index contributed by atoms with van der Waals surface area (Å²) in [6.07, 6.45) is 2.31. The van der Waals surface area contributed by atoms with Gasteiger partial charge >= 0.3 is 0 Å². The summed E-state index contributed by atoms with van der Waals surface area (Å²) in [5, 5.41) is 15.8. The van der Waals surface area contributed by atoms with Crippen LogP contribution in [0.25, 0.3) is 0 Å². The van der Waals surface area contributed by atoms with E-state index < -0.39 is 6.10 Å². The van der Waals surface area contributed by atoms with Crippen LogP contribution in [0.15, 0.2) is 30.3 Å². The molecule has 7 nitrogen and oxygen atoms in total. The lowest BCUT2D eigenvalue weighted by Crippen LogP contribution is -2.53. The lowest BCUT2D eigenvalue weighted by Gasteiger charge is -2.37. The number of hydrogen-bond donors (Lipinski definition) is 3. The third-order valence-electron chi connectivity index (χ3n) is 5.81. The molecule has 0 radical (unpaired) electrons. The molecule has 0 aromatic heterocycles. The Bertz CT molecular complexity index is 662. The van der Waals surface area contributed by atoms with Crippen LogP contribution in [-0.2, 0) is 19.1 Å². The van der Waals surface area contributed by atoms with E-state index in [2.05, 4.69) is 10.6 Å². The first-order chi connectivity index (χ1) is 14.1. The lowest BCUT2D eigenvalue weighted by atomic mass is 9.94. The first kappa shape index (κ1) is 21.7. The number of carbonyl (C=O) groups excluding carboxylic acids is 2. The zero-order chi connectivity index (χ0) is 20.6. The third kappa shape index (κ3) is 6.26. The van der Waals surface area contributed by atoms with E-state index in [-0.39, 0.29) is 48.9 Å².